The quantitative estimate of drug-likeness (QED) is 0.685. The van der Waals surface area contributed by atoms with Crippen molar-refractivity contribution in [3.8, 4) is 0 Å². The second-order valence-corrected chi connectivity index (χ2v) is 5.51. The van der Waals surface area contributed by atoms with Crippen LogP contribution in [0.5, 0.6) is 0 Å². The van der Waals surface area contributed by atoms with Crippen LogP contribution in [0, 0.1) is 0 Å². The summed E-state index contributed by atoms with van der Waals surface area (Å²) in [7, 11) is 2.65. The Morgan fingerprint density at radius 1 is 1.20 bits per heavy atom. The van der Waals surface area contributed by atoms with E-state index in [1.54, 1.807) is 0 Å². The smallest absolute Gasteiger partial charge is 0.333 e. The van der Waals surface area contributed by atoms with Gasteiger partial charge in [-0.15, -0.1) is 11.8 Å². The van der Waals surface area contributed by atoms with Gasteiger partial charge in [-0.1, -0.05) is 0 Å². The fourth-order valence-electron chi connectivity index (χ4n) is 1.45. The van der Waals surface area contributed by atoms with E-state index >= 15 is 0 Å². The highest BCUT2D eigenvalue weighted by atomic mass is 32.2. The SMILES string of the molecule is COC(=O)[C@H]1N[C@@H](C(=O)OC)C(C)(C)S1. The predicted octanol–water partition coefficient (Wildman–Crippen LogP) is 0.142. The molecule has 0 spiro atoms. The summed E-state index contributed by atoms with van der Waals surface area (Å²) in [4.78, 5) is 22.7. The Morgan fingerprint density at radius 2 is 1.73 bits per heavy atom. The fraction of sp³-hybridized carbons (Fsp3) is 0.778. The van der Waals surface area contributed by atoms with Crippen LogP contribution in [-0.4, -0.2) is 42.3 Å². The Labute approximate surface area is 92.9 Å². The Bertz CT molecular complexity index is 279. The molecule has 6 heteroatoms. The minimum absolute atomic E-state index is 0.362. The highest BCUT2D eigenvalue weighted by Crippen LogP contribution is 2.38. The molecule has 0 bridgehead atoms. The number of methoxy groups -OCH3 is 2. The minimum Gasteiger partial charge on any atom is -0.468 e. The van der Waals surface area contributed by atoms with Crippen molar-refractivity contribution < 1.29 is 19.1 Å². The van der Waals surface area contributed by atoms with E-state index in [0.717, 1.165) is 0 Å². The standard InChI is InChI=1S/C9H15NO4S/c1-9(2)5(7(11)13-3)10-6(15-9)8(12)14-4/h5-6,10H,1-4H3/t5-,6-/m0/s1. The minimum atomic E-state index is -0.505. The van der Waals surface area contributed by atoms with E-state index in [1.165, 1.54) is 26.0 Å². The van der Waals surface area contributed by atoms with Crippen molar-refractivity contribution in [3.63, 3.8) is 0 Å². The second kappa shape index (κ2) is 4.40. The van der Waals surface area contributed by atoms with E-state index in [0.29, 0.717) is 0 Å². The van der Waals surface area contributed by atoms with Crippen LogP contribution in [0.25, 0.3) is 0 Å². The van der Waals surface area contributed by atoms with E-state index < -0.39 is 11.4 Å². The van der Waals surface area contributed by atoms with Crippen LogP contribution in [0.15, 0.2) is 0 Å². The zero-order valence-electron chi connectivity index (χ0n) is 9.20. The predicted molar refractivity (Wildman–Crippen MR) is 56.4 cm³/mol. The number of hydrogen-bond acceptors (Lipinski definition) is 6. The number of esters is 2. The van der Waals surface area contributed by atoms with Crippen molar-refractivity contribution in [2.75, 3.05) is 14.2 Å². The molecule has 0 radical (unpaired) electrons. The van der Waals surface area contributed by atoms with Crippen molar-refractivity contribution in [1.29, 1.82) is 0 Å². The van der Waals surface area contributed by atoms with E-state index in [1.807, 2.05) is 13.8 Å². The molecule has 5 nitrogen and oxygen atoms in total. The van der Waals surface area contributed by atoms with Gasteiger partial charge in [-0.2, -0.15) is 0 Å². The van der Waals surface area contributed by atoms with Gasteiger partial charge in [0.1, 0.15) is 6.04 Å². The van der Waals surface area contributed by atoms with Crippen molar-refractivity contribution in [3.05, 3.63) is 0 Å². The molecule has 2 atom stereocenters. The van der Waals surface area contributed by atoms with Gasteiger partial charge in [-0.3, -0.25) is 10.1 Å². The second-order valence-electron chi connectivity index (χ2n) is 3.75. The lowest BCUT2D eigenvalue weighted by Crippen LogP contribution is -2.46. The lowest BCUT2D eigenvalue weighted by Gasteiger charge is -2.22. The number of nitrogens with one attached hydrogen (secondary N) is 1. The fourth-order valence-corrected chi connectivity index (χ4v) is 2.76. The van der Waals surface area contributed by atoms with Crippen molar-refractivity contribution >= 4 is 23.7 Å². The molecule has 1 heterocycles. The van der Waals surface area contributed by atoms with Gasteiger partial charge in [0.05, 0.1) is 14.2 Å². The lowest BCUT2D eigenvalue weighted by molar-refractivity contribution is -0.144. The van der Waals surface area contributed by atoms with Gasteiger partial charge in [-0.05, 0) is 13.8 Å². The highest BCUT2D eigenvalue weighted by molar-refractivity contribution is 8.02. The van der Waals surface area contributed by atoms with Crippen molar-refractivity contribution in [2.45, 2.75) is 30.0 Å². The van der Waals surface area contributed by atoms with Crippen LogP contribution in [0.1, 0.15) is 13.8 Å². The van der Waals surface area contributed by atoms with E-state index in [-0.39, 0.29) is 16.7 Å². The number of carbonyl (C=O) groups excluding carboxylic acids is 2. The maximum atomic E-state index is 11.4. The molecule has 0 aromatic rings. The first-order valence-corrected chi connectivity index (χ1v) is 5.40. The molecule has 1 aliphatic rings. The van der Waals surface area contributed by atoms with Crippen LogP contribution >= 0.6 is 11.8 Å². The first-order valence-electron chi connectivity index (χ1n) is 4.52. The summed E-state index contributed by atoms with van der Waals surface area (Å²) in [5.41, 5.74) is 0. The zero-order chi connectivity index (χ0) is 11.6. The zero-order valence-corrected chi connectivity index (χ0v) is 10.0. The van der Waals surface area contributed by atoms with Crippen LogP contribution < -0.4 is 5.32 Å². The average molecular weight is 233 g/mol. The highest BCUT2D eigenvalue weighted by Gasteiger charge is 2.48. The molecular weight excluding hydrogens is 218 g/mol. The Balaban J connectivity index is 2.76. The summed E-state index contributed by atoms with van der Waals surface area (Å²) in [5, 5.41) is 2.39. The number of carbonyl (C=O) groups is 2. The number of hydrogen-bond donors (Lipinski definition) is 1. The van der Waals surface area contributed by atoms with Crippen LogP contribution in [-0.2, 0) is 19.1 Å². The third kappa shape index (κ3) is 2.43. The molecule has 1 aliphatic heterocycles. The van der Waals surface area contributed by atoms with Gasteiger partial charge >= 0.3 is 11.9 Å². The molecule has 0 amide bonds. The third-order valence-corrected chi connectivity index (χ3v) is 3.69. The Morgan fingerprint density at radius 3 is 2.20 bits per heavy atom. The van der Waals surface area contributed by atoms with Crippen LogP contribution in [0.4, 0.5) is 0 Å². The number of rotatable bonds is 2. The van der Waals surface area contributed by atoms with Gasteiger partial charge in [-0.25, -0.2) is 4.79 Å². The summed E-state index contributed by atoms with van der Waals surface area (Å²) in [6.45, 7) is 3.77. The summed E-state index contributed by atoms with van der Waals surface area (Å²) in [5.74, 6) is -0.738. The maximum absolute atomic E-state index is 11.4. The van der Waals surface area contributed by atoms with Gasteiger partial charge in [0, 0.05) is 4.75 Å². The normalized spacial score (nSPS) is 28.5. The molecule has 1 fully saturated rings. The molecule has 86 valence electrons. The number of ether oxygens (including phenoxy) is 2. The Kier molecular flexibility index (Phi) is 3.62. The molecule has 15 heavy (non-hydrogen) atoms. The van der Waals surface area contributed by atoms with Crippen LogP contribution in [0.3, 0.4) is 0 Å². The summed E-state index contributed by atoms with van der Waals surface area (Å²) in [6.07, 6.45) is 0. The molecule has 0 aliphatic carbocycles. The molecule has 0 aromatic carbocycles. The first kappa shape index (κ1) is 12.3. The van der Waals surface area contributed by atoms with Gasteiger partial charge in [0.15, 0.2) is 5.37 Å². The molecule has 1 saturated heterocycles. The van der Waals surface area contributed by atoms with E-state index in [4.69, 9.17) is 0 Å². The largest absolute Gasteiger partial charge is 0.468 e. The van der Waals surface area contributed by atoms with Crippen molar-refractivity contribution in [2.24, 2.45) is 0 Å². The maximum Gasteiger partial charge on any atom is 0.333 e. The topological polar surface area (TPSA) is 64.6 Å². The monoisotopic (exact) mass is 233 g/mol. The summed E-state index contributed by atoms with van der Waals surface area (Å²) in [6, 6.07) is -0.489. The molecular formula is C9H15NO4S. The lowest BCUT2D eigenvalue weighted by atomic mass is 10.0. The van der Waals surface area contributed by atoms with Gasteiger partial charge in [0.25, 0.3) is 0 Å². The number of thioether (sulfide) groups is 1. The Hall–Kier alpha value is -0.750. The first-order chi connectivity index (χ1) is 6.92. The third-order valence-electron chi connectivity index (χ3n) is 2.29. The van der Waals surface area contributed by atoms with Crippen molar-refractivity contribution in [1.82, 2.24) is 5.32 Å². The molecule has 1 rings (SSSR count). The van der Waals surface area contributed by atoms with Crippen LogP contribution in [0.2, 0.25) is 0 Å². The molecule has 0 unspecified atom stereocenters. The van der Waals surface area contributed by atoms with Gasteiger partial charge < -0.3 is 9.47 Å². The van der Waals surface area contributed by atoms with Gasteiger partial charge in [0.2, 0.25) is 0 Å². The molecule has 1 N–H and O–H groups in total. The molecule has 0 saturated carbocycles. The molecule has 0 aromatic heterocycles. The van der Waals surface area contributed by atoms with E-state index in [2.05, 4.69) is 14.8 Å². The van der Waals surface area contributed by atoms with E-state index in [9.17, 15) is 9.59 Å². The average Bonchev–Trinajstić information content (AvgIpc) is 2.52. The summed E-state index contributed by atoms with van der Waals surface area (Å²) >= 11 is 1.37. The summed E-state index contributed by atoms with van der Waals surface area (Å²) < 4.78 is 8.90.